The molecule has 0 fully saturated rings. The highest BCUT2D eigenvalue weighted by atomic mass is 35.5. The third-order valence-electron chi connectivity index (χ3n) is 2.56. The fourth-order valence-electron chi connectivity index (χ4n) is 1.54. The van der Waals surface area contributed by atoms with E-state index in [0.717, 1.165) is 5.56 Å². The highest BCUT2D eigenvalue weighted by Gasteiger charge is 2.13. The number of thiophene rings is 1. The Bertz CT molecular complexity index is 549. The van der Waals surface area contributed by atoms with E-state index >= 15 is 0 Å². The number of carbonyl (C=O) groups excluding carboxylic acids is 1. The van der Waals surface area contributed by atoms with Crippen LogP contribution in [0.1, 0.15) is 28.2 Å². The first-order valence-electron chi connectivity index (χ1n) is 5.60. The van der Waals surface area contributed by atoms with Crippen molar-refractivity contribution >= 4 is 28.8 Å². The number of aryl methyl sites for hydroxylation is 1. The van der Waals surface area contributed by atoms with Crippen LogP contribution in [0.4, 0.5) is 0 Å². The lowest BCUT2D eigenvalue weighted by molar-refractivity contribution is 0.0952. The van der Waals surface area contributed by atoms with Crippen molar-refractivity contribution in [3.63, 3.8) is 0 Å². The van der Waals surface area contributed by atoms with Crippen molar-refractivity contribution in [2.24, 2.45) is 0 Å². The lowest BCUT2D eigenvalue weighted by atomic mass is 10.3. The van der Waals surface area contributed by atoms with Crippen LogP contribution in [0, 0.1) is 6.92 Å². The van der Waals surface area contributed by atoms with Gasteiger partial charge in [-0.15, -0.1) is 11.3 Å². The molecule has 0 aliphatic rings. The van der Waals surface area contributed by atoms with Crippen LogP contribution in [0.2, 0.25) is 5.02 Å². The Labute approximate surface area is 115 Å². The van der Waals surface area contributed by atoms with Crippen molar-refractivity contribution in [2.75, 3.05) is 6.54 Å². The van der Waals surface area contributed by atoms with Gasteiger partial charge in [0.15, 0.2) is 0 Å². The molecule has 2 aromatic heterocycles. The monoisotopic (exact) mass is 283 g/mol. The molecule has 1 amide bonds. The highest BCUT2D eigenvalue weighted by Crippen LogP contribution is 2.21. The number of hydrogen-bond acceptors (Lipinski definition) is 3. The van der Waals surface area contributed by atoms with Gasteiger partial charge in [0.05, 0.1) is 17.3 Å². The van der Waals surface area contributed by atoms with E-state index in [4.69, 9.17) is 11.6 Å². The molecule has 0 saturated carbocycles. The maximum atomic E-state index is 11.9. The normalized spacial score (nSPS) is 12.4. The molecule has 1 N–H and O–H groups in total. The topological polar surface area (TPSA) is 46.9 Å². The summed E-state index contributed by atoms with van der Waals surface area (Å²) in [5, 5.41) is 9.38. The molecule has 96 valence electrons. The summed E-state index contributed by atoms with van der Waals surface area (Å²) in [5.41, 5.74) is 1.11. The van der Waals surface area contributed by atoms with E-state index in [1.807, 2.05) is 24.7 Å². The molecule has 2 rings (SSSR count). The second-order valence-electron chi connectivity index (χ2n) is 4.15. The number of carbonyl (C=O) groups is 1. The number of halogens is 1. The van der Waals surface area contributed by atoms with Gasteiger partial charge in [0.2, 0.25) is 0 Å². The molecule has 6 heteroatoms. The van der Waals surface area contributed by atoms with Gasteiger partial charge >= 0.3 is 0 Å². The lowest BCUT2D eigenvalue weighted by Crippen LogP contribution is -2.29. The molecule has 0 saturated heterocycles. The minimum Gasteiger partial charge on any atom is -0.349 e. The van der Waals surface area contributed by atoms with Crippen molar-refractivity contribution < 1.29 is 4.79 Å². The van der Waals surface area contributed by atoms with Gasteiger partial charge in [-0.25, -0.2) is 0 Å². The third-order valence-corrected chi connectivity index (χ3v) is 3.90. The predicted octanol–water partition coefficient (Wildman–Crippen LogP) is 2.90. The second-order valence-corrected chi connectivity index (χ2v) is 5.48. The fourth-order valence-corrected chi connectivity index (χ4v) is 2.60. The standard InChI is InChI=1S/C12H14ClN3OS/c1-8-5-15-16(7-8)9(2)6-14-12(17)11-10(13)3-4-18-11/h3-5,7,9H,6H2,1-2H3,(H,14,17). The Kier molecular flexibility index (Phi) is 4.04. The van der Waals surface area contributed by atoms with E-state index in [-0.39, 0.29) is 11.9 Å². The van der Waals surface area contributed by atoms with Crippen LogP contribution in [0.5, 0.6) is 0 Å². The Balaban J connectivity index is 1.92. The second kappa shape index (κ2) is 5.54. The van der Waals surface area contributed by atoms with Crippen molar-refractivity contribution in [3.8, 4) is 0 Å². The predicted molar refractivity (Wildman–Crippen MR) is 73.3 cm³/mol. The molecule has 0 radical (unpaired) electrons. The molecule has 0 bridgehead atoms. The molecule has 2 aromatic rings. The summed E-state index contributed by atoms with van der Waals surface area (Å²) in [5.74, 6) is -0.134. The van der Waals surface area contributed by atoms with E-state index in [1.165, 1.54) is 11.3 Å². The van der Waals surface area contributed by atoms with Crippen LogP contribution in [0.15, 0.2) is 23.8 Å². The Morgan fingerprint density at radius 1 is 1.67 bits per heavy atom. The van der Waals surface area contributed by atoms with Gasteiger partial charge in [-0.1, -0.05) is 11.6 Å². The summed E-state index contributed by atoms with van der Waals surface area (Å²) >= 11 is 7.25. The van der Waals surface area contributed by atoms with E-state index < -0.39 is 0 Å². The summed E-state index contributed by atoms with van der Waals surface area (Å²) < 4.78 is 1.84. The maximum Gasteiger partial charge on any atom is 0.262 e. The van der Waals surface area contributed by atoms with Gasteiger partial charge in [0, 0.05) is 12.7 Å². The lowest BCUT2D eigenvalue weighted by Gasteiger charge is -2.12. The van der Waals surface area contributed by atoms with Crippen LogP contribution in [-0.2, 0) is 0 Å². The summed E-state index contributed by atoms with van der Waals surface area (Å²) in [6.07, 6.45) is 3.75. The van der Waals surface area contributed by atoms with Gasteiger partial charge in [0.1, 0.15) is 4.88 Å². The van der Waals surface area contributed by atoms with Gasteiger partial charge in [-0.05, 0) is 30.9 Å². The largest absolute Gasteiger partial charge is 0.349 e. The smallest absolute Gasteiger partial charge is 0.262 e. The summed E-state index contributed by atoms with van der Waals surface area (Å²) in [6, 6.07) is 1.84. The minimum absolute atomic E-state index is 0.112. The van der Waals surface area contributed by atoms with Crippen molar-refractivity contribution in [1.82, 2.24) is 15.1 Å². The number of aromatic nitrogens is 2. The number of nitrogens with zero attached hydrogens (tertiary/aromatic N) is 2. The molecular formula is C12H14ClN3OS. The summed E-state index contributed by atoms with van der Waals surface area (Å²) in [4.78, 5) is 12.4. The van der Waals surface area contributed by atoms with Crippen LogP contribution >= 0.6 is 22.9 Å². The molecule has 1 unspecified atom stereocenters. The zero-order valence-corrected chi connectivity index (χ0v) is 11.8. The first-order valence-corrected chi connectivity index (χ1v) is 6.85. The van der Waals surface area contributed by atoms with E-state index in [9.17, 15) is 4.79 Å². The van der Waals surface area contributed by atoms with E-state index in [2.05, 4.69) is 10.4 Å². The van der Waals surface area contributed by atoms with Crippen molar-refractivity contribution in [2.45, 2.75) is 19.9 Å². The fraction of sp³-hybridized carbons (Fsp3) is 0.333. The molecule has 18 heavy (non-hydrogen) atoms. The van der Waals surface area contributed by atoms with Gasteiger partial charge in [-0.3, -0.25) is 9.48 Å². The average molecular weight is 284 g/mol. The van der Waals surface area contributed by atoms with E-state index in [0.29, 0.717) is 16.4 Å². The molecule has 0 spiro atoms. The molecule has 4 nitrogen and oxygen atoms in total. The van der Waals surface area contributed by atoms with Crippen LogP contribution < -0.4 is 5.32 Å². The van der Waals surface area contributed by atoms with Crippen molar-refractivity contribution in [3.05, 3.63) is 39.3 Å². The number of nitrogens with one attached hydrogen (secondary N) is 1. The maximum absolute atomic E-state index is 11.9. The molecule has 0 aliphatic carbocycles. The first-order chi connectivity index (χ1) is 8.58. The number of hydrogen-bond donors (Lipinski definition) is 1. The van der Waals surface area contributed by atoms with Crippen molar-refractivity contribution in [1.29, 1.82) is 0 Å². The Hall–Kier alpha value is -1.33. The van der Waals surface area contributed by atoms with E-state index in [1.54, 1.807) is 17.6 Å². The van der Waals surface area contributed by atoms with Crippen LogP contribution in [0.25, 0.3) is 0 Å². The number of amides is 1. The third kappa shape index (κ3) is 2.91. The molecule has 0 aliphatic heterocycles. The summed E-state index contributed by atoms with van der Waals surface area (Å²) in [6.45, 7) is 4.51. The first kappa shape index (κ1) is 13.1. The average Bonchev–Trinajstić information content (AvgIpc) is 2.94. The Morgan fingerprint density at radius 2 is 2.44 bits per heavy atom. The van der Waals surface area contributed by atoms with Gasteiger partial charge in [-0.2, -0.15) is 5.10 Å². The number of rotatable bonds is 4. The minimum atomic E-state index is -0.134. The molecular weight excluding hydrogens is 270 g/mol. The van der Waals surface area contributed by atoms with Gasteiger partial charge < -0.3 is 5.32 Å². The zero-order valence-electron chi connectivity index (χ0n) is 10.2. The SMILES string of the molecule is Cc1cnn(C(C)CNC(=O)c2sccc2Cl)c1. The zero-order chi connectivity index (χ0) is 13.1. The van der Waals surface area contributed by atoms with Crippen LogP contribution in [-0.4, -0.2) is 22.2 Å². The summed E-state index contributed by atoms with van der Waals surface area (Å²) in [7, 11) is 0. The molecule has 2 heterocycles. The Morgan fingerprint density at radius 3 is 3.00 bits per heavy atom. The quantitative estimate of drug-likeness (QED) is 0.938. The highest BCUT2D eigenvalue weighted by molar-refractivity contribution is 7.12. The molecule has 1 atom stereocenters. The van der Waals surface area contributed by atoms with Gasteiger partial charge in [0.25, 0.3) is 5.91 Å². The molecule has 0 aromatic carbocycles. The van der Waals surface area contributed by atoms with Crippen LogP contribution in [0.3, 0.4) is 0 Å².